The maximum absolute atomic E-state index is 11.3. The van der Waals surface area contributed by atoms with Crippen LogP contribution in [0.15, 0.2) is 0 Å². The lowest BCUT2D eigenvalue weighted by Gasteiger charge is -2.34. The molecule has 108 valence electrons. The van der Waals surface area contributed by atoms with E-state index in [1.165, 1.54) is 11.3 Å². The Balaban J connectivity index is 2.39. The van der Waals surface area contributed by atoms with Gasteiger partial charge in [0.05, 0.1) is 10.6 Å². The van der Waals surface area contributed by atoms with Crippen molar-refractivity contribution in [3.8, 4) is 6.07 Å². The van der Waals surface area contributed by atoms with Crippen LogP contribution < -0.4 is 4.90 Å². The van der Waals surface area contributed by atoms with Crippen molar-refractivity contribution in [1.82, 2.24) is 0 Å². The number of hydrogen-bond donors (Lipinski definition) is 1. The van der Waals surface area contributed by atoms with Gasteiger partial charge in [0, 0.05) is 25.8 Å². The highest BCUT2D eigenvalue weighted by Crippen LogP contribution is 2.37. The third-order valence-electron chi connectivity index (χ3n) is 3.67. The van der Waals surface area contributed by atoms with Gasteiger partial charge in [-0.25, -0.2) is 4.79 Å². The van der Waals surface area contributed by atoms with E-state index in [9.17, 15) is 9.90 Å². The van der Waals surface area contributed by atoms with E-state index in [1.807, 2.05) is 6.07 Å². The lowest BCUT2D eigenvalue weighted by atomic mass is 10.1. The second-order valence-corrected chi connectivity index (χ2v) is 5.78. The highest BCUT2D eigenvalue weighted by molar-refractivity contribution is 7.17. The van der Waals surface area contributed by atoms with Crippen molar-refractivity contribution in [2.24, 2.45) is 0 Å². The van der Waals surface area contributed by atoms with Gasteiger partial charge in [-0.15, -0.1) is 11.3 Å². The van der Waals surface area contributed by atoms with E-state index in [-0.39, 0.29) is 10.4 Å². The molecule has 0 amide bonds. The van der Waals surface area contributed by atoms with E-state index in [0.29, 0.717) is 11.6 Å². The van der Waals surface area contributed by atoms with E-state index in [2.05, 4.69) is 11.8 Å². The summed E-state index contributed by atoms with van der Waals surface area (Å²) in [7, 11) is 0. The molecule has 1 aliphatic heterocycles. The fourth-order valence-corrected chi connectivity index (χ4v) is 3.91. The average Bonchev–Trinajstić information content (AvgIpc) is 2.78. The van der Waals surface area contributed by atoms with Gasteiger partial charge in [0.2, 0.25) is 0 Å². The topological polar surface area (TPSA) is 73.6 Å². The molecule has 0 atom stereocenters. The second kappa shape index (κ2) is 6.25. The first kappa shape index (κ1) is 14.8. The molecule has 5 nitrogen and oxygen atoms in total. The Labute approximate surface area is 122 Å². The molecule has 2 heterocycles. The molecule has 6 heteroatoms. The Bertz CT molecular complexity index is 541. The predicted molar refractivity (Wildman–Crippen MR) is 77.6 cm³/mol. The summed E-state index contributed by atoms with van der Waals surface area (Å²) in [6.07, 6.45) is 1.88. The molecule has 1 saturated heterocycles. The normalized spacial score (nSPS) is 15.8. The molecule has 1 aromatic heterocycles. The minimum absolute atomic E-state index is 0.151. The highest BCUT2D eigenvalue weighted by atomic mass is 32.1. The van der Waals surface area contributed by atoms with E-state index in [4.69, 9.17) is 10.00 Å². The molecule has 0 radical (unpaired) electrons. The fourth-order valence-electron chi connectivity index (χ4n) is 2.68. The van der Waals surface area contributed by atoms with Crippen molar-refractivity contribution < 1.29 is 14.6 Å². The summed E-state index contributed by atoms with van der Waals surface area (Å²) in [6, 6.07) is 2.37. The van der Waals surface area contributed by atoms with E-state index in [0.717, 1.165) is 37.6 Å². The fraction of sp³-hybridized carbons (Fsp3) is 0.571. The number of carbonyl (C=O) groups is 1. The summed E-state index contributed by atoms with van der Waals surface area (Å²) in [5, 5.41) is 19.3. The maximum Gasteiger partial charge on any atom is 0.338 e. The number of hydrogen-bond acceptors (Lipinski definition) is 5. The number of aromatic carboxylic acids is 1. The zero-order chi connectivity index (χ0) is 14.7. The van der Waals surface area contributed by atoms with Crippen molar-refractivity contribution in [2.45, 2.75) is 32.7 Å². The molecular weight excluding hydrogens is 276 g/mol. The summed E-state index contributed by atoms with van der Waals surface area (Å²) in [5.41, 5.74) is 0.852. The van der Waals surface area contributed by atoms with Crippen molar-refractivity contribution in [3.63, 3.8) is 0 Å². The number of nitriles is 1. The first-order valence-electron chi connectivity index (χ1n) is 6.71. The minimum atomic E-state index is -1.02. The van der Waals surface area contributed by atoms with Crippen LogP contribution in [0.5, 0.6) is 0 Å². The molecule has 0 aliphatic carbocycles. The van der Waals surface area contributed by atoms with Crippen molar-refractivity contribution in [1.29, 1.82) is 5.26 Å². The third-order valence-corrected chi connectivity index (χ3v) is 4.90. The van der Waals surface area contributed by atoms with Crippen LogP contribution in [-0.2, 0) is 4.74 Å². The van der Waals surface area contributed by atoms with Gasteiger partial charge in [0.15, 0.2) is 0 Å². The molecule has 0 bridgehead atoms. The first-order chi connectivity index (χ1) is 9.60. The lowest BCUT2D eigenvalue weighted by molar-refractivity contribution is 0.0696. The van der Waals surface area contributed by atoms with Gasteiger partial charge in [-0.2, -0.15) is 5.26 Å². The van der Waals surface area contributed by atoms with Crippen LogP contribution in [0.25, 0.3) is 0 Å². The standard InChI is InChI=1S/C14H18N2O3S/c1-3-16(10-4-6-19-7-5-10)13-9(2)12(14(17)18)11(8-15)20-13/h10H,3-7H2,1-2H3,(H,17,18). The van der Waals surface area contributed by atoms with Crippen LogP contribution in [0.3, 0.4) is 0 Å². The molecule has 1 aromatic rings. The Morgan fingerprint density at radius 2 is 2.20 bits per heavy atom. The zero-order valence-corrected chi connectivity index (χ0v) is 12.5. The molecule has 0 saturated carbocycles. The van der Waals surface area contributed by atoms with Gasteiger partial charge < -0.3 is 14.7 Å². The molecule has 0 aromatic carbocycles. The summed E-state index contributed by atoms with van der Waals surface area (Å²) < 4.78 is 5.38. The summed E-state index contributed by atoms with van der Waals surface area (Å²) in [4.78, 5) is 13.8. The first-order valence-corrected chi connectivity index (χ1v) is 7.53. The van der Waals surface area contributed by atoms with E-state index < -0.39 is 5.97 Å². The van der Waals surface area contributed by atoms with E-state index >= 15 is 0 Å². The second-order valence-electron chi connectivity index (χ2n) is 4.78. The summed E-state index contributed by atoms with van der Waals surface area (Å²) in [5.74, 6) is -1.02. The quantitative estimate of drug-likeness (QED) is 0.924. The minimum Gasteiger partial charge on any atom is -0.478 e. The van der Waals surface area contributed by atoms with Crippen LogP contribution in [0, 0.1) is 18.3 Å². The molecule has 20 heavy (non-hydrogen) atoms. The largest absolute Gasteiger partial charge is 0.478 e. The van der Waals surface area contributed by atoms with Crippen LogP contribution in [0.2, 0.25) is 0 Å². The maximum atomic E-state index is 11.3. The Kier molecular flexibility index (Phi) is 4.63. The number of ether oxygens (including phenoxy) is 1. The number of anilines is 1. The number of thiophene rings is 1. The summed E-state index contributed by atoms with van der Waals surface area (Å²) >= 11 is 1.28. The Morgan fingerprint density at radius 3 is 2.65 bits per heavy atom. The van der Waals surface area contributed by atoms with E-state index in [1.54, 1.807) is 6.92 Å². The SMILES string of the molecule is CCN(c1sc(C#N)c(C(=O)O)c1C)C1CCOCC1. The molecule has 2 rings (SSSR count). The molecular formula is C14H18N2O3S. The third kappa shape index (κ3) is 2.65. The number of rotatable bonds is 4. The zero-order valence-electron chi connectivity index (χ0n) is 11.7. The van der Waals surface area contributed by atoms with Gasteiger partial charge in [-0.05, 0) is 32.3 Å². The van der Waals surface area contributed by atoms with Crippen molar-refractivity contribution in [2.75, 3.05) is 24.7 Å². The van der Waals surface area contributed by atoms with Crippen LogP contribution in [0.1, 0.15) is 40.6 Å². The van der Waals surface area contributed by atoms with Crippen molar-refractivity contribution >= 4 is 22.3 Å². The van der Waals surface area contributed by atoms with Gasteiger partial charge in [0.25, 0.3) is 0 Å². The van der Waals surface area contributed by atoms with Crippen molar-refractivity contribution in [3.05, 3.63) is 16.0 Å². The van der Waals surface area contributed by atoms with Gasteiger partial charge in [-0.1, -0.05) is 0 Å². The number of nitrogens with zero attached hydrogens (tertiary/aromatic N) is 2. The smallest absolute Gasteiger partial charge is 0.338 e. The van der Waals surface area contributed by atoms with Crippen LogP contribution in [-0.4, -0.2) is 36.9 Å². The van der Waals surface area contributed by atoms with Gasteiger partial charge in [0.1, 0.15) is 10.9 Å². The van der Waals surface area contributed by atoms with Crippen LogP contribution >= 0.6 is 11.3 Å². The van der Waals surface area contributed by atoms with Gasteiger partial charge in [-0.3, -0.25) is 0 Å². The highest BCUT2D eigenvalue weighted by Gasteiger charge is 2.27. The predicted octanol–water partition coefficient (Wildman–Crippen LogP) is 2.63. The Hall–Kier alpha value is -1.58. The Morgan fingerprint density at radius 1 is 1.55 bits per heavy atom. The molecule has 0 spiro atoms. The molecule has 0 unspecified atom stereocenters. The number of carboxylic acid groups (broad SMARTS) is 1. The van der Waals surface area contributed by atoms with Crippen LogP contribution in [0.4, 0.5) is 5.00 Å². The molecule has 1 N–H and O–H groups in total. The molecule has 1 aliphatic rings. The average molecular weight is 294 g/mol. The van der Waals surface area contributed by atoms with Gasteiger partial charge >= 0.3 is 5.97 Å². The molecule has 1 fully saturated rings. The lowest BCUT2D eigenvalue weighted by Crippen LogP contribution is -2.39. The summed E-state index contributed by atoms with van der Waals surface area (Å²) in [6.45, 7) is 6.13. The number of carboxylic acids is 1. The monoisotopic (exact) mass is 294 g/mol.